The molecule has 1 fully saturated rings. The molecule has 0 unspecified atom stereocenters. The van der Waals surface area contributed by atoms with Gasteiger partial charge in [-0.3, -0.25) is 9.10 Å². The van der Waals surface area contributed by atoms with Gasteiger partial charge in [-0.1, -0.05) is 24.1 Å². The van der Waals surface area contributed by atoms with Gasteiger partial charge in [0.25, 0.3) is 15.9 Å². The van der Waals surface area contributed by atoms with Gasteiger partial charge < -0.3 is 4.74 Å². The van der Waals surface area contributed by atoms with Crippen LogP contribution in [0.2, 0.25) is 0 Å². The smallest absolute Gasteiger partial charge is 0.264 e. The molecule has 1 saturated carbocycles. The number of hydrazone groups is 1. The maximum atomic E-state index is 13.4. The number of amides is 1. The molecule has 0 heterocycles. The van der Waals surface area contributed by atoms with E-state index in [2.05, 4.69) is 10.5 Å². The highest BCUT2D eigenvalue weighted by molar-refractivity contribution is 7.92. The Hall–Kier alpha value is -2.87. The Kier molecular flexibility index (Phi) is 7.68. The summed E-state index contributed by atoms with van der Waals surface area (Å²) < 4.78 is 33.3. The molecule has 1 N–H and O–H groups in total. The standard InChI is InChI=1S/C23H29N3O4S/c1-3-30-21-13-11-20(12-14-21)26(31(28,29)22-15-9-18(2)10-16-22)17-23(27)25-24-19-7-5-4-6-8-19/h9-16H,3-8,17H2,1-2H3,(H,25,27). The van der Waals surface area contributed by atoms with Crippen molar-refractivity contribution < 1.29 is 17.9 Å². The monoisotopic (exact) mass is 443 g/mol. The summed E-state index contributed by atoms with van der Waals surface area (Å²) in [5.74, 6) is 0.148. The van der Waals surface area contributed by atoms with E-state index < -0.39 is 15.9 Å². The van der Waals surface area contributed by atoms with Crippen molar-refractivity contribution in [2.24, 2.45) is 5.10 Å². The largest absolute Gasteiger partial charge is 0.494 e. The number of nitrogens with one attached hydrogen (secondary N) is 1. The zero-order chi connectivity index (χ0) is 22.3. The number of ether oxygens (including phenoxy) is 1. The minimum absolute atomic E-state index is 0.123. The lowest BCUT2D eigenvalue weighted by Gasteiger charge is -2.24. The summed E-state index contributed by atoms with van der Waals surface area (Å²) >= 11 is 0. The highest BCUT2D eigenvalue weighted by atomic mass is 32.2. The molecule has 1 aliphatic rings. The molecule has 166 valence electrons. The maximum Gasteiger partial charge on any atom is 0.264 e. The van der Waals surface area contributed by atoms with Crippen LogP contribution in [0.5, 0.6) is 5.75 Å². The van der Waals surface area contributed by atoms with Crippen LogP contribution in [0.3, 0.4) is 0 Å². The van der Waals surface area contributed by atoms with Crippen LogP contribution in [-0.2, 0) is 14.8 Å². The molecule has 0 radical (unpaired) electrons. The third kappa shape index (κ3) is 6.07. The fourth-order valence-corrected chi connectivity index (χ4v) is 4.83. The number of nitrogens with zero attached hydrogens (tertiary/aromatic N) is 2. The molecule has 7 nitrogen and oxygen atoms in total. The summed E-state index contributed by atoms with van der Waals surface area (Å²) in [6, 6.07) is 13.2. The summed E-state index contributed by atoms with van der Waals surface area (Å²) in [7, 11) is -3.95. The molecule has 0 atom stereocenters. The summed E-state index contributed by atoms with van der Waals surface area (Å²) in [6.45, 7) is 3.90. The Morgan fingerprint density at radius 3 is 2.29 bits per heavy atom. The van der Waals surface area contributed by atoms with E-state index in [1.165, 1.54) is 6.42 Å². The predicted molar refractivity (Wildman–Crippen MR) is 122 cm³/mol. The summed E-state index contributed by atoms with van der Waals surface area (Å²) in [5, 5.41) is 4.21. The van der Waals surface area contributed by atoms with E-state index >= 15 is 0 Å². The van der Waals surface area contributed by atoms with Crippen molar-refractivity contribution in [2.45, 2.75) is 50.8 Å². The van der Waals surface area contributed by atoms with Crippen LogP contribution in [0.15, 0.2) is 58.5 Å². The van der Waals surface area contributed by atoms with E-state index in [1.54, 1.807) is 48.5 Å². The van der Waals surface area contributed by atoms with Crippen LogP contribution in [0, 0.1) is 6.92 Å². The second-order valence-corrected chi connectivity index (χ2v) is 9.39. The summed E-state index contributed by atoms with van der Waals surface area (Å²) in [6.07, 6.45) is 5.03. The lowest BCUT2D eigenvalue weighted by atomic mass is 9.99. The quantitative estimate of drug-likeness (QED) is 0.624. The molecule has 0 bridgehead atoms. The van der Waals surface area contributed by atoms with Gasteiger partial charge in [0.1, 0.15) is 12.3 Å². The van der Waals surface area contributed by atoms with Crippen LogP contribution in [0.1, 0.15) is 44.6 Å². The second-order valence-electron chi connectivity index (χ2n) is 7.53. The van der Waals surface area contributed by atoms with Gasteiger partial charge in [0.05, 0.1) is 17.2 Å². The first-order valence-electron chi connectivity index (χ1n) is 10.6. The lowest BCUT2D eigenvalue weighted by molar-refractivity contribution is -0.119. The van der Waals surface area contributed by atoms with Crippen molar-refractivity contribution in [2.75, 3.05) is 17.5 Å². The van der Waals surface area contributed by atoms with Gasteiger partial charge in [-0.2, -0.15) is 5.10 Å². The average Bonchev–Trinajstić information content (AvgIpc) is 2.78. The molecule has 0 spiro atoms. The van der Waals surface area contributed by atoms with Crippen molar-refractivity contribution in [3.63, 3.8) is 0 Å². The van der Waals surface area contributed by atoms with Crippen molar-refractivity contribution in [1.29, 1.82) is 0 Å². The Bertz CT molecular complexity index is 1010. The summed E-state index contributed by atoms with van der Waals surface area (Å²) in [5.41, 5.74) is 4.82. The van der Waals surface area contributed by atoms with Crippen LogP contribution in [-0.4, -0.2) is 33.2 Å². The first kappa shape index (κ1) is 22.8. The number of benzene rings is 2. The molecule has 1 amide bonds. The molecular weight excluding hydrogens is 414 g/mol. The van der Waals surface area contributed by atoms with E-state index in [9.17, 15) is 13.2 Å². The molecule has 3 rings (SSSR count). The highest BCUT2D eigenvalue weighted by Gasteiger charge is 2.27. The van der Waals surface area contributed by atoms with Gasteiger partial charge in [0.15, 0.2) is 0 Å². The Morgan fingerprint density at radius 1 is 1.03 bits per heavy atom. The maximum absolute atomic E-state index is 13.4. The van der Waals surface area contributed by atoms with Gasteiger partial charge in [-0.15, -0.1) is 0 Å². The van der Waals surface area contributed by atoms with E-state index in [0.29, 0.717) is 18.0 Å². The zero-order valence-corrected chi connectivity index (χ0v) is 18.8. The molecule has 2 aromatic rings. The number of aryl methyl sites for hydroxylation is 1. The van der Waals surface area contributed by atoms with Gasteiger partial charge >= 0.3 is 0 Å². The van der Waals surface area contributed by atoms with E-state index in [1.807, 2.05) is 13.8 Å². The van der Waals surface area contributed by atoms with E-state index in [0.717, 1.165) is 41.3 Å². The first-order valence-corrected chi connectivity index (χ1v) is 12.0. The highest BCUT2D eigenvalue weighted by Crippen LogP contribution is 2.26. The second kappa shape index (κ2) is 10.4. The number of carbonyl (C=O) groups excluding carboxylic acids is 1. The van der Waals surface area contributed by atoms with E-state index in [4.69, 9.17) is 4.74 Å². The molecule has 2 aromatic carbocycles. The third-order valence-corrected chi connectivity index (χ3v) is 6.89. The van der Waals surface area contributed by atoms with Crippen LogP contribution in [0.25, 0.3) is 0 Å². The Labute approximate surface area is 184 Å². The SMILES string of the molecule is CCOc1ccc(N(CC(=O)NN=C2CCCCC2)S(=O)(=O)c2ccc(C)cc2)cc1. The first-order chi connectivity index (χ1) is 14.9. The van der Waals surface area contributed by atoms with Gasteiger partial charge in [0, 0.05) is 5.71 Å². The van der Waals surface area contributed by atoms with Crippen molar-refractivity contribution in [1.82, 2.24) is 5.43 Å². The molecule has 0 aromatic heterocycles. The fourth-order valence-electron chi connectivity index (χ4n) is 3.41. The van der Waals surface area contributed by atoms with Crippen molar-refractivity contribution in [3.8, 4) is 5.75 Å². The molecule has 0 aliphatic heterocycles. The van der Waals surface area contributed by atoms with E-state index in [-0.39, 0.29) is 11.4 Å². The van der Waals surface area contributed by atoms with Crippen LogP contribution >= 0.6 is 0 Å². The van der Waals surface area contributed by atoms with Crippen LogP contribution in [0.4, 0.5) is 5.69 Å². The average molecular weight is 444 g/mol. The zero-order valence-electron chi connectivity index (χ0n) is 18.0. The topological polar surface area (TPSA) is 88.1 Å². The Balaban J connectivity index is 1.86. The number of anilines is 1. The molecular formula is C23H29N3O4S. The van der Waals surface area contributed by atoms with Crippen molar-refractivity contribution >= 4 is 27.3 Å². The predicted octanol–water partition coefficient (Wildman–Crippen LogP) is 4.03. The van der Waals surface area contributed by atoms with Gasteiger partial charge in [-0.05, 0) is 75.9 Å². The van der Waals surface area contributed by atoms with Crippen molar-refractivity contribution in [3.05, 3.63) is 54.1 Å². The fraction of sp³-hybridized carbons (Fsp3) is 0.391. The minimum Gasteiger partial charge on any atom is -0.494 e. The number of carbonyl (C=O) groups is 1. The normalized spacial score (nSPS) is 14.1. The Morgan fingerprint density at radius 2 is 1.68 bits per heavy atom. The molecule has 31 heavy (non-hydrogen) atoms. The number of rotatable bonds is 8. The van der Waals surface area contributed by atoms with Gasteiger partial charge in [-0.25, -0.2) is 13.8 Å². The number of sulfonamides is 1. The summed E-state index contributed by atoms with van der Waals surface area (Å²) in [4.78, 5) is 12.7. The number of hydrogen-bond donors (Lipinski definition) is 1. The molecule has 0 saturated heterocycles. The molecule has 1 aliphatic carbocycles. The minimum atomic E-state index is -3.95. The lowest BCUT2D eigenvalue weighted by Crippen LogP contribution is -2.39. The van der Waals surface area contributed by atoms with Gasteiger partial charge in [0.2, 0.25) is 0 Å². The van der Waals surface area contributed by atoms with Crippen LogP contribution < -0.4 is 14.5 Å². The third-order valence-electron chi connectivity index (χ3n) is 5.10. The molecule has 8 heteroatoms. The number of hydrogen-bond acceptors (Lipinski definition) is 5.